The fourth-order valence-corrected chi connectivity index (χ4v) is 2.74. The van der Waals surface area contributed by atoms with Crippen molar-refractivity contribution in [2.45, 2.75) is 19.9 Å². The molecule has 0 unspecified atom stereocenters. The van der Waals surface area contributed by atoms with E-state index in [0.29, 0.717) is 17.0 Å². The van der Waals surface area contributed by atoms with E-state index in [1.165, 1.54) is 24.3 Å². The molecule has 25 heavy (non-hydrogen) atoms. The van der Waals surface area contributed by atoms with Crippen molar-refractivity contribution in [3.63, 3.8) is 0 Å². The molecule has 0 fully saturated rings. The molecular weight excluding hydrogens is 321 g/mol. The Kier molecular flexibility index (Phi) is 4.52. The number of hydrogen-bond acceptors (Lipinski definition) is 2. The predicted octanol–water partition coefficient (Wildman–Crippen LogP) is 3.40. The van der Waals surface area contributed by atoms with Gasteiger partial charge in [0.15, 0.2) is 0 Å². The minimum Gasteiger partial charge on any atom is -0.327 e. The number of halogens is 1. The van der Waals surface area contributed by atoms with Crippen LogP contribution in [0.3, 0.4) is 0 Å². The fourth-order valence-electron chi connectivity index (χ4n) is 2.74. The summed E-state index contributed by atoms with van der Waals surface area (Å²) in [6.07, 6.45) is 0. The number of allylic oxidation sites excluding steroid dienone is 1. The van der Waals surface area contributed by atoms with Crippen LogP contribution in [0.25, 0.3) is 0 Å². The second kappa shape index (κ2) is 6.76. The number of amides is 3. The van der Waals surface area contributed by atoms with Crippen LogP contribution in [0.4, 0.5) is 14.9 Å². The van der Waals surface area contributed by atoms with Gasteiger partial charge in [-0.2, -0.15) is 0 Å². The van der Waals surface area contributed by atoms with Crippen molar-refractivity contribution >= 4 is 17.6 Å². The standard InChI is InChI=1S/C19H18FN3O2/c1-11-3-5-13(6-4-11)17-16(12(2)21-19(25)23-17)18(24)22-15-9-7-14(20)8-10-15/h3-10,17H,1-2H3,(H,22,24)(H2,21,23,25)/t17-/m0/s1. The summed E-state index contributed by atoms with van der Waals surface area (Å²) < 4.78 is 13.0. The van der Waals surface area contributed by atoms with Gasteiger partial charge in [-0.15, -0.1) is 0 Å². The molecular formula is C19H18FN3O2. The number of nitrogens with one attached hydrogen (secondary N) is 3. The van der Waals surface area contributed by atoms with Crippen LogP contribution < -0.4 is 16.0 Å². The van der Waals surface area contributed by atoms with E-state index in [9.17, 15) is 14.0 Å². The number of anilines is 1. The first-order valence-corrected chi connectivity index (χ1v) is 7.86. The van der Waals surface area contributed by atoms with Crippen LogP contribution in [0.15, 0.2) is 59.8 Å². The smallest absolute Gasteiger partial charge is 0.319 e. The van der Waals surface area contributed by atoms with Gasteiger partial charge in [0.05, 0.1) is 11.6 Å². The van der Waals surface area contributed by atoms with Crippen LogP contribution >= 0.6 is 0 Å². The van der Waals surface area contributed by atoms with Gasteiger partial charge < -0.3 is 16.0 Å². The Bertz CT molecular complexity index is 842. The molecule has 1 heterocycles. The highest BCUT2D eigenvalue weighted by atomic mass is 19.1. The van der Waals surface area contributed by atoms with Crippen LogP contribution in [-0.2, 0) is 4.79 Å². The average Bonchev–Trinajstić information content (AvgIpc) is 2.57. The van der Waals surface area contributed by atoms with Gasteiger partial charge in [0.1, 0.15) is 5.82 Å². The summed E-state index contributed by atoms with van der Waals surface area (Å²) in [4.78, 5) is 24.6. The Morgan fingerprint density at radius 2 is 1.68 bits per heavy atom. The lowest BCUT2D eigenvalue weighted by Crippen LogP contribution is -2.45. The highest BCUT2D eigenvalue weighted by Crippen LogP contribution is 2.28. The molecule has 2 aromatic rings. The van der Waals surface area contributed by atoms with E-state index < -0.39 is 6.04 Å². The molecule has 0 saturated carbocycles. The number of urea groups is 1. The topological polar surface area (TPSA) is 70.2 Å². The first kappa shape index (κ1) is 16.7. The SMILES string of the molecule is CC1=C(C(=O)Nc2ccc(F)cc2)[C@H](c2ccc(C)cc2)NC(=O)N1. The molecule has 3 N–H and O–H groups in total. The largest absolute Gasteiger partial charge is 0.327 e. The highest BCUT2D eigenvalue weighted by molar-refractivity contribution is 6.06. The Morgan fingerprint density at radius 1 is 1.04 bits per heavy atom. The molecule has 2 aromatic carbocycles. The third-order valence-electron chi connectivity index (χ3n) is 4.03. The summed E-state index contributed by atoms with van der Waals surface area (Å²) in [5, 5.41) is 8.15. The molecule has 0 aromatic heterocycles. The normalized spacial score (nSPS) is 16.9. The lowest BCUT2D eigenvalue weighted by atomic mass is 9.94. The van der Waals surface area contributed by atoms with Gasteiger partial charge in [0, 0.05) is 11.4 Å². The van der Waals surface area contributed by atoms with E-state index in [2.05, 4.69) is 16.0 Å². The number of rotatable bonds is 3. The molecule has 1 aliphatic heterocycles. The minimum atomic E-state index is -0.560. The van der Waals surface area contributed by atoms with E-state index in [1.54, 1.807) is 6.92 Å². The molecule has 3 amide bonds. The van der Waals surface area contributed by atoms with Crippen molar-refractivity contribution in [2.24, 2.45) is 0 Å². The molecule has 0 bridgehead atoms. The number of hydrogen-bond donors (Lipinski definition) is 3. The zero-order chi connectivity index (χ0) is 18.0. The Labute approximate surface area is 144 Å². The lowest BCUT2D eigenvalue weighted by Gasteiger charge is -2.28. The summed E-state index contributed by atoms with van der Waals surface area (Å²) in [5.74, 6) is -0.736. The quantitative estimate of drug-likeness (QED) is 0.802. The molecule has 0 spiro atoms. The summed E-state index contributed by atoms with van der Waals surface area (Å²) in [6, 6.07) is 12.2. The van der Waals surface area contributed by atoms with Crippen molar-refractivity contribution in [1.29, 1.82) is 0 Å². The summed E-state index contributed by atoms with van der Waals surface area (Å²) in [5.41, 5.74) is 3.26. The fraction of sp³-hybridized carbons (Fsp3) is 0.158. The Hall–Kier alpha value is -3.15. The number of carbonyl (C=O) groups is 2. The van der Waals surface area contributed by atoms with Gasteiger partial charge in [0.2, 0.25) is 0 Å². The van der Waals surface area contributed by atoms with Gasteiger partial charge in [-0.1, -0.05) is 29.8 Å². The molecule has 0 saturated heterocycles. The van der Waals surface area contributed by atoms with E-state index in [-0.39, 0.29) is 17.8 Å². The molecule has 1 atom stereocenters. The average molecular weight is 339 g/mol. The molecule has 3 rings (SSSR count). The lowest BCUT2D eigenvalue weighted by molar-refractivity contribution is -0.113. The Morgan fingerprint density at radius 3 is 2.32 bits per heavy atom. The molecule has 0 aliphatic carbocycles. The maximum atomic E-state index is 13.0. The molecule has 1 aliphatic rings. The minimum absolute atomic E-state index is 0.359. The maximum absolute atomic E-state index is 13.0. The van der Waals surface area contributed by atoms with Gasteiger partial charge in [-0.3, -0.25) is 4.79 Å². The third kappa shape index (κ3) is 3.68. The van der Waals surface area contributed by atoms with Crippen LogP contribution in [0, 0.1) is 12.7 Å². The predicted molar refractivity (Wildman–Crippen MR) is 93.3 cm³/mol. The van der Waals surface area contributed by atoms with Crippen molar-refractivity contribution in [1.82, 2.24) is 10.6 Å². The summed E-state index contributed by atoms with van der Waals surface area (Å²) in [6.45, 7) is 3.65. The Balaban J connectivity index is 1.92. The van der Waals surface area contributed by atoms with Crippen molar-refractivity contribution in [3.05, 3.63) is 76.7 Å². The van der Waals surface area contributed by atoms with Crippen LogP contribution in [0.5, 0.6) is 0 Å². The molecule has 6 heteroatoms. The number of carbonyl (C=O) groups excluding carboxylic acids is 2. The van der Waals surface area contributed by atoms with Gasteiger partial charge in [-0.25, -0.2) is 9.18 Å². The van der Waals surface area contributed by atoms with Gasteiger partial charge in [0.25, 0.3) is 5.91 Å². The van der Waals surface area contributed by atoms with Crippen LogP contribution in [-0.4, -0.2) is 11.9 Å². The van der Waals surface area contributed by atoms with Gasteiger partial charge in [-0.05, 0) is 43.7 Å². The maximum Gasteiger partial charge on any atom is 0.319 e. The highest BCUT2D eigenvalue weighted by Gasteiger charge is 2.31. The molecule has 0 radical (unpaired) electrons. The zero-order valence-electron chi connectivity index (χ0n) is 13.9. The van der Waals surface area contributed by atoms with Gasteiger partial charge >= 0.3 is 6.03 Å². The second-order valence-electron chi connectivity index (χ2n) is 5.94. The number of aryl methyl sites for hydroxylation is 1. The van der Waals surface area contributed by atoms with E-state index in [1.807, 2.05) is 31.2 Å². The van der Waals surface area contributed by atoms with Crippen molar-refractivity contribution in [3.8, 4) is 0 Å². The van der Waals surface area contributed by atoms with Crippen LogP contribution in [0.1, 0.15) is 24.1 Å². The second-order valence-corrected chi connectivity index (χ2v) is 5.94. The van der Waals surface area contributed by atoms with Crippen molar-refractivity contribution in [2.75, 3.05) is 5.32 Å². The molecule has 128 valence electrons. The van der Waals surface area contributed by atoms with E-state index >= 15 is 0 Å². The first-order valence-electron chi connectivity index (χ1n) is 7.86. The monoisotopic (exact) mass is 339 g/mol. The summed E-state index contributed by atoms with van der Waals surface area (Å²) in [7, 11) is 0. The van der Waals surface area contributed by atoms with E-state index in [0.717, 1.165) is 11.1 Å². The molecule has 5 nitrogen and oxygen atoms in total. The number of benzene rings is 2. The zero-order valence-corrected chi connectivity index (χ0v) is 13.9. The summed E-state index contributed by atoms with van der Waals surface area (Å²) >= 11 is 0. The van der Waals surface area contributed by atoms with E-state index in [4.69, 9.17) is 0 Å². The third-order valence-corrected chi connectivity index (χ3v) is 4.03. The van der Waals surface area contributed by atoms with Crippen LogP contribution in [0.2, 0.25) is 0 Å². The first-order chi connectivity index (χ1) is 11.9. The van der Waals surface area contributed by atoms with Crippen molar-refractivity contribution < 1.29 is 14.0 Å².